The van der Waals surface area contributed by atoms with E-state index in [1.807, 2.05) is 0 Å². The van der Waals surface area contributed by atoms with Crippen LogP contribution in [0.25, 0.3) is 11.4 Å². The first-order valence-corrected chi connectivity index (χ1v) is 6.02. The van der Waals surface area contributed by atoms with Crippen molar-refractivity contribution in [2.45, 2.75) is 6.92 Å². The Hall–Kier alpha value is -2.14. The number of rotatable bonds is 3. The van der Waals surface area contributed by atoms with Gasteiger partial charge in [-0.15, -0.1) is 0 Å². The second-order valence-corrected chi connectivity index (χ2v) is 4.13. The van der Waals surface area contributed by atoms with Crippen LogP contribution in [0.15, 0.2) is 35.3 Å². The van der Waals surface area contributed by atoms with Gasteiger partial charge in [0.25, 0.3) is 5.56 Å². The third-order valence-corrected chi connectivity index (χ3v) is 2.66. The third kappa shape index (κ3) is 3.00. The summed E-state index contributed by atoms with van der Waals surface area (Å²) in [5, 5.41) is 0.592. The number of H-pyrrole nitrogens is 1. The number of carbonyl (C=O) groups excluding carboxylic acids is 1. The molecule has 6 heteroatoms. The molecule has 0 unspecified atom stereocenters. The molecule has 0 aliphatic heterocycles. The molecule has 1 aromatic heterocycles. The lowest BCUT2D eigenvalue weighted by molar-refractivity contribution is 0.0524. The van der Waals surface area contributed by atoms with Crippen molar-refractivity contribution in [3.8, 4) is 11.4 Å². The van der Waals surface area contributed by atoms with Gasteiger partial charge >= 0.3 is 5.97 Å². The van der Waals surface area contributed by atoms with Crippen LogP contribution in [0.5, 0.6) is 0 Å². The molecule has 0 saturated carbocycles. The predicted octanol–water partition coefficient (Wildman–Crippen LogP) is 2.27. The Bertz CT molecular complexity index is 650. The van der Waals surface area contributed by atoms with Crippen LogP contribution >= 0.6 is 11.6 Å². The highest BCUT2D eigenvalue weighted by Gasteiger charge is 2.13. The van der Waals surface area contributed by atoms with Crippen molar-refractivity contribution in [2.24, 2.45) is 0 Å². The molecule has 19 heavy (non-hydrogen) atoms. The number of ether oxygens (including phenoxy) is 1. The average Bonchev–Trinajstić information content (AvgIpc) is 2.39. The number of hydrogen-bond donors (Lipinski definition) is 1. The molecule has 1 N–H and O–H groups in total. The van der Waals surface area contributed by atoms with Gasteiger partial charge in [-0.05, 0) is 31.2 Å². The summed E-state index contributed by atoms with van der Waals surface area (Å²) in [4.78, 5) is 29.8. The second kappa shape index (κ2) is 5.67. The highest BCUT2D eigenvalue weighted by Crippen LogP contribution is 2.16. The molecule has 0 saturated heterocycles. The summed E-state index contributed by atoms with van der Waals surface area (Å²) in [6, 6.07) is 6.83. The smallest absolute Gasteiger partial charge is 0.345 e. The Balaban J connectivity index is 2.36. The van der Waals surface area contributed by atoms with Gasteiger partial charge < -0.3 is 9.72 Å². The number of nitrogens with zero attached hydrogens (tertiary/aromatic N) is 1. The second-order valence-electron chi connectivity index (χ2n) is 3.70. The molecule has 1 heterocycles. The number of esters is 1. The molecule has 2 aromatic rings. The molecule has 0 aliphatic rings. The van der Waals surface area contributed by atoms with Crippen LogP contribution in [-0.2, 0) is 4.74 Å². The maximum atomic E-state index is 11.7. The van der Waals surface area contributed by atoms with Gasteiger partial charge in [0.05, 0.1) is 6.61 Å². The van der Waals surface area contributed by atoms with E-state index in [1.165, 1.54) is 6.20 Å². The first kappa shape index (κ1) is 13.3. The van der Waals surface area contributed by atoms with Crippen molar-refractivity contribution >= 4 is 17.6 Å². The maximum Gasteiger partial charge on any atom is 0.345 e. The highest BCUT2D eigenvalue weighted by molar-refractivity contribution is 6.30. The zero-order valence-corrected chi connectivity index (χ0v) is 10.9. The number of benzene rings is 1. The molecule has 5 nitrogen and oxygen atoms in total. The Morgan fingerprint density at radius 3 is 2.63 bits per heavy atom. The molecule has 0 fully saturated rings. The topological polar surface area (TPSA) is 72.1 Å². The van der Waals surface area contributed by atoms with E-state index in [4.69, 9.17) is 16.3 Å². The van der Waals surface area contributed by atoms with Crippen LogP contribution in [0.3, 0.4) is 0 Å². The first-order valence-electron chi connectivity index (χ1n) is 5.64. The van der Waals surface area contributed by atoms with E-state index in [1.54, 1.807) is 31.2 Å². The van der Waals surface area contributed by atoms with E-state index in [0.29, 0.717) is 16.4 Å². The molecule has 0 atom stereocenters. The van der Waals surface area contributed by atoms with Gasteiger partial charge in [0.1, 0.15) is 11.4 Å². The van der Waals surface area contributed by atoms with Gasteiger partial charge in [-0.25, -0.2) is 4.79 Å². The minimum absolute atomic E-state index is 0.112. The van der Waals surface area contributed by atoms with Crippen LogP contribution in [0, 0.1) is 0 Å². The lowest BCUT2D eigenvalue weighted by Crippen LogP contribution is -2.20. The lowest BCUT2D eigenvalue weighted by Gasteiger charge is -2.03. The minimum atomic E-state index is -0.682. The van der Waals surface area contributed by atoms with Crippen LogP contribution in [-0.4, -0.2) is 22.5 Å². The number of aromatic nitrogens is 2. The molecule has 0 aliphatic carbocycles. The summed E-state index contributed by atoms with van der Waals surface area (Å²) in [7, 11) is 0. The van der Waals surface area contributed by atoms with Gasteiger partial charge in [-0.1, -0.05) is 11.6 Å². The van der Waals surface area contributed by atoms with E-state index in [-0.39, 0.29) is 12.2 Å². The SMILES string of the molecule is CCOC(=O)c1c[nH]c(-c2ccc(Cl)cc2)nc1=O. The van der Waals surface area contributed by atoms with Crippen molar-refractivity contribution in [1.82, 2.24) is 9.97 Å². The Labute approximate surface area is 114 Å². The lowest BCUT2D eigenvalue weighted by atomic mass is 10.2. The molecule has 2 rings (SSSR count). The number of carbonyl (C=O) groups is 1. The standard InChI is InChI=1S/C13H11ClN2O3/c1-2-19-13(18)10-7-15-11(16-12(10)17)8-3-5-9(14)6-4-8/h3-7H,2H2,1H3,(H,15,16,17). The van der Waals surface area contributed by atoms with Crippen molar-refractivity contribution in [3.05, 3.63) is 51.4 Å². The molecule has 0 bridgehead atoms. The normalized spacial score (nSPS) is 10.2. The van der Waals surface area contributed by atoms with Gasteiger partial charge in [0, 0.05) is 16.8 Å². The molecule has 0 amide bonds. The number of hydrogen-bond acceptors (Lipinski definition) is 4. The summed E-state index contributed by atoms with van der Waals surface area (Å²) >= 11 is 5.78. The van der Waals surface area contributed by atoms with Crippen molar-refractivity contribution in [1.29, 1.82) is 0 Å². The molecular formula is C13H11ClN2O3. The fraction of sp³-hybridized carbons (Fsp3) is 0.154. The van der Waals surface area contributed by atoms with Gasteiger partial charge in [-0.2, -0.15) is 4.98 Å². The zero-order valence-electron chi connectivity index (χ0n) is 10.1. The first-order chi connectivity index (χ1) is 9.11. The van der Waals surface area contributed by atoms with Crippen LogP contribution in [0.2, 0.25) is 5.02 Å². The van der Waals surface area contributed by atoms with Crippen molar-refractivity contribution < 1.29 is 9.53 Å². The minimum Gasteiger partial charge on any atom is -0.462 e. The monoisotopic (exact) mass is 278 g/mol. The number of nitrogens with one attached hydrogen (secondary N) is 1. The Kier molecular flexibility index (Phi) is 3.97. The van der Waals surface area contributed by atoms with Crippen molar-refractivity contribution in [3.63, 3.8) is 0 Å². The molecule has 0 spiro atoms. The van der Waals surface area contributed by atoms with E-state index < -0.39 is 11.5 Å². The van der Waals surface area contributed by atoms with E-state index in [2.05, 4.69) is 9.97 Å². The van der Waals surface area contributed by atoms with E-state index in [0.717, 1.165) is 0 Å². The molecular weight excluding hydrogens is 268 g/mol. The summed E-state index contributed by atoms with van der Waals surface area (Å²) in [6.07, 6.45) is 1.30. The Morgan fingerprint density at radius 1 is 1.37 bits per heavy atom. The fourth-order valence-electron chi connectivity index (χ4n) is 1.51. The number of halogens is 1. The number of aromatic amines is 1. The third-order valence-electron chi connectivity index (χ3n) is 2.41. The van der Waals surface area contributed by atoms with Crippen LogP contribution in [0.4, 0.5) is 0 Å². The largest absolute Gasteiger partial charge is 0.462 e. The summed E-state index contributed by atoms with van der Waals surface area (Å²) in [6.45, 7) is 1.87. The quantitative estimate of drug-likeness (QED) is 0.874. The van der Waals surface area contributed by atoms with Gasteiger partial charge in [0.2, 0.25) is 0 Å². The Morgan fingerprint density at radius 2 is 2.05 bits per heavy atom. The predicted molar refractivity (Wildman–Crippen MR) is 71.3 cm³/mol. The average molecular weight is 279 g/mol. The maximum absolute atomic E-state index is 11.7. The zero-order chi connectivity index (χ0) is 13.8. The molecule has 1 aromatic carbocycles. The highest BCUT2D eigenvalue weighted by atomic mass is 35.5. The summed E-state index contributed by atoms with van der Waals surface area (Å²) < 4.78 is 4.75. The van der Waals surface area contributed by atoms with Crippen LogP contribution in [0.1, 0.15) is 17.3 Å². The van der Waals surface area contributed by atoms with Crippen molar-refractivity contribution in [2.75, 3.05) is 6.61 Å². The summed E-state index contributed by atoms with van der Waals surface area (Å²) in [5.41, 5.74) is -0.0291. The fourth-order valence-corrected chi connectivity index (χ4v) is 1.63. The van der Waals surface area contributed by atoms with Crippen LogP contribution < -0.4 is 5.56 Å². The van der Waals surface area contributed by atoms with E-state index in [9.17, 15) is 9.59 Å². The van der Waals surface area contributed by atoms with E-state index >= 15 is 0 Å². The van der Waals surface area contributed by atoms with Gasteiger partial charge in [0.15, 0.2) is 0 Å². The molecule has 98 valence electrons. The van der Waals surface area contributed by atoms with Gasteiger partial charge in [-0.3, -0.25) is 4.79 Å². The summed E-state index contributed by atoms with van der Waals surface area (Å²) in [5.74, 6) is -0.311. The molecule has 0 radical (unpaired) electrons.